The van der Waals surface area contributed by atoms with Gasteiger partial charge in [0, 0.05) is 18.1 Å². The molecule has 1 aromatic heterocycles. The first-order valence-corrected chi connectivity index (χ1v) is 7.72. The Labute approximate surface area is 130 Å². The van der Waals surface area contributed by atoms with Gasteiger partial charge in [0.05, 0.1) is 23.3 Å². The zero-order valence-corrected chi connectivity index (χ0v) is 12.7. The van der Waals surface area contributed by atoms with Crippen molar-refractivity contribution in [3.8, 4) is 0 Å². The number of aliphatic hydroxyl groups excluding tert-OH is 1. The maximum Gasteiger partial charge on any atom is 0.241 e. The summed E-state index contributed by atoms with van der Waals surface area (Å²) in [6.45, 7) is 3.30. The average Bonchev–Trinajstić information content (AvgIpc) is 2.54. The lowest BCUT2D eigenvalue weighted by molar-refractivity contribution is -0.121. The third-order valence-corrected chi connectivity index (χ3v) is 4.26. The van der Waals surface area contributed by atoms with Crippen LogP contribution in [0.3, 0.4) is 0 Å². The van der Waals surface area contributed by atoms with Gasteiger partial charge in [-0.1, -0.05) is 6.07 Å². The van der Waals surface area contributed by atoms with Crippen LogP contribution in [0.5, 0.6) is 0 Å². The fraction of sp³-hybridized carbons (Fsp3) is 0.412. The van der Waals surface area contributed by atoms with E-state index in [0.29, 0.717) is 6.54 Å². The van der Waals surface area contributed by atoms with E-state index in [1.54, 1.807) is 6.20 Å². The van der Waals surface area contributed by atoms with E-state index >= 15 is 0 Å². The maximum absolute atomic E-state index is 12.5. The van der Waals surface area contributed by atoms with Crippen LogP contribution in [0, 0.1) is 0 Å². The van der Waals surface area contributed by atoms with Crippen LogP contribution >= 0.6 is 0 Å². The van der Waals surface area contributed by atoms with Crippen LogP contribution in [0.4, 0.5) is 5.69 Å². The Morgan fingerprint density at radius 1 is 1.41 bits per heavy atom. The van der Waals surface area contributed by atoms with Crippen LogP contribution in [-0.2, 0) is 4.79 Å². The van der Waals surface area contributed by atoms with Crippen LogP contribution in [0.1, 0.15) is 19.8 Å². The second kappa shape index (κ2) is 6.42. The molecule has 0 saturated carbocycles. The van der Waals surface area contributed by atoms with Gasteiger partial charge in [-0.2, -0.15) is 0 Å². The molecule has 5 heteroatoms. The Balaban J connectivity index is 1.75. The monoisotopic (exact) mass is 299 g/mol. The molecular formula is C17H21N3O2. The predicted octanol–water partition coefficient (Wildman–Crippen LogP) is 2.02. The lowest BCUT2D eigenvalue weighted by Crippen LogP contribution is -2.48. The zero-order chi connectivity index (χ0) is 15.5. The Hall–Kier alpha value is -1.98. The molecular weight excluding hydrogens is 278 g/mol. The first-order chi connectivity index (χ1) is 10.6. The predicted molar refractivity (Wildman–Crippen MR) is 86.6 cm³/mol. The van der Waals surface area contributed by atoms with Gasteiger partial charge in [-0.3, -0.25) is 14.7 Å². The van der Waals surface area contributed by atoms with Gasteiger partial charge in [-0.25, -0.2) is 0 Å². The highest BCUT2D eigenvalue weighted by Gasteiger charge is 2.26. The van der Waals surface area contributed by atoms with Crippen molar-refractivity contribution in [2.45, 2.75) is 31.9 Å². The molecule has 0 radical (unpaired) electrons. The van der Waals surface area contributed by atoms with Gasteiger partial charge in [0.25, 0.3) is 0 Å². The number of fused-ring (bicyclic) bond motifs is 1. The number of β-amino-alcohol motifs (C(OH)–C–C–N with tert-alkyl or cyclic N) is 1. The molecule has 0 aliphatic carbocycles. The second-order valence-corrected chi connectivity index (χ2v) is 5.83. The molecule has 1 saturated heterocycles. The molecule has 0 spiro atoms. The molecule has 22 heavy (non-hydrogen) atoms. The first kappa shape index (κ1) is 14.9. The Kier molecular flexibility index (Phi) is 4.36. The largest absolute Gasteiger partial charge is 0.392 e. The summed E-state index contributed by atoms with van der Waals surface area (Å²) in [4.78, 5) is 18.8. The standard InChI is InChI=1S/C17H21N3O2/c1-12(20-10-4-5-13(21)11-20)17(22)19-16-8-2-7-15-14(16)6-3-9-18-15/h2-3,6-9,12-13,21H,4-5,10-11H2,1H3,(H,19,22). The van der Waals surface area contributed by atoms with Crippen molar-refractivity contribution in [3.05, 3.63) is 36.5 Å². The van der Waals surface area contributed by atoms with Gasteiger partial charge in [-0.05, 0) is 50.6 Å². The highest BCUT2D eigenvalue weighted by atomic mass is 16.3. The van der Waals surface area contributed by atoms with Crippen LogP contribution < -0.4 is 5.32 Å². The highest BCUT2D eigenvalue weighted by Crippen LogP contribution is 2.22. The molecule has 116 valence electrons. The second-order valence-electron chi connectivity index (χ2n) is 5.83. The first-order valence-electron chi connectivity index (χ1n) is 7.72. The summed E-state index contributed by atoms with van der Waals surface area (Å²) < 4.78 is 0. The van der Waals surface area contributed by atoms with Gasteiger partial charge in [-0.15, -0.1) is 0 Å². The number of likely N-dealkylation sites (tertiary alicyclic amines) is 1. The molecule has 2 N–H and O–H groups in total. The highest BCUT2D eigenvalue weighted by molar-refractivity contribution is 6.02. The Bertz CT molecular complexity index is 669. The lowest BCUT2D eigenvalue weighted by Gasteiger charge is -2.34. The van der Waals surface area contributed by atoms with E-state index in [1.807, 2.05) is 42.2 Å². The van der Waals surface area contributed by atoms with Gasteiger partial charge in [0.2, 0.25) is 5.91 Å². The van der Waals surface area contributed by atoms with E-state index in [1.165, 1.54) is 0 Å². The number of aliphatic hydroxyl groups is 1. The molecule has 0 bridgehead atoms. The molecule has 2 heterocycles. The van der Waals surface area contributed by atoms with E-state index in [9.17, 15) is 9.90 Å². The lowest BCUT2D eigenvalue weighted by atomic mass is 10.1. The van der Waals surface area contributed by atoms with Crippen molar-refractivity contribution in [1.82, 2.24) is 9.88 Å². The number of nitrogens with zero attached hydrogens (tertiary/aromatic N) is 2. The number of hydrogen-bond donors (Lipinski definition) is 2. The number of nitrogens with one attached hydrogen (secondary N) is 1. The van der Waals surface area contributed by atoms with Crippen LogP contribution in [-0.4, -0.2) is 46.1 Å². The zero-order valence-electron chi connectivity index (χ0n) is 12.7. The quantitative estimate of drug-likeness (QED) is 0.910. The number of amides is 1. The molecule has 1 aliphatic heterocycles. The summed E-state index contributed by atoms with van der Waals surface area (Å²) in [6, 6.07) is 9.26. The number of piperidine rings is 1. The van der Waals surface area contributed by atoms with E-state index in [-0.39, 0.29) is 18.1 Å². The van der Waals surface area contributed by atoms with Crippen LogP contribution in [0.2, 0.25) is 0 Å². The number of carbonyl (C=O) groups excluding carboxylic acids is 1. The topological polar surface area (TPSA) is 65.5 Å². The number of benzene rings is 1. The van der Waals surface area contributed by atoms with Gasteiger partial charge in [0.1, 0.15) is 0 Å². The fourth-order valence-electron chi connectivity index (χ4n) is 2.95. The summed E-state index contributed by atoms with van der Waals surface area (Å²) in [5.41, 5.74) is 1.64. The normalized spacial score (nSPS) is 20.7. The van der Waals surface area contributed by atoms with Crippen molar-refractivity contribution < 1.29 is 9.90 Å². The molecule has 2 aromatic rings. The molecule has 1 aromatic carbocycles. The van der Waals surface area contributed by atoms with E-state index in [0.717, 1.165) is 36.0 Å². The molecule has 1 fully saturated rings. The van der Waals surface area contributed by atoms with E-state index in [4.69, 9.17) is 0 Å². The fourth-order valence-corrected chi connectivity index (χ4v) is 2.95. The van der Waals surface area contributed by atoms with E-state index < -0.39 is 0 Å². The van der Waals surface area contributed by atoms with Gasteiger partial charge >= 0.3 is 0 Å². The minimum atomic E-state index is -0.328. The summed E-state index contributed by atoms with van der Waals surface area (Å²) in [7, 11) is 0. The number of anilines is 1. The molecule has 3 rings (SSSR count). The van der Waals surface area contributed by atoms with Gasteiger partial charge in [0.15, 0.2) is 0 Å². The van der Waals surface area contributed by atoms with Gasteiger partial charge < -0.3 is 10.4 Å². The summed E-state index contributed by atoms with van der Waals surface area (Å²) >= 11 is 0. The molecule has 2 unspecified atom stereocenters. The van der Waals surface area contributed by atoms with Crippen LogP contribution in [0.15, 0.2) is 36.5 Å². The minimum absolute atomic E-state index is 0.0505. The molecule has 1 amide bonds. The molecule has 2 atom stereocenters. The number of rotatable bonds is 3. The van der Waals surface area contributed by atoms with Crippen LogP contribution in [0.25, 0.3) is 10.9 Å². The van der Waals surface area contributed by atoms with Crippen molar-refractivity contribution in [2.24, 2.45) is 0 Å². The summed E-state index contributed by atoms with van der Waals surface area (Å²) in [6.07, 6.45) is 3.16. The number of aromatic nitrogens is 1. The number of carbonyl (C=O) groups is 1. The average molecular weight is 299 g/mol. The van der Waals surface area contributed by atoms with Crippen molar-refractivity contribution in [2.75, 3.05) is 18.4 Å². The Morgan fingerprint density at radius 3 is 3.09 bits per heavy atom. The number of pyridine rings is 1. The third kappa shape index (κ3) is 3.10. The van der Waals surface area contributed by atoms with E-state index in [2.05, 4.69) is 10.3 Å². The molecule has 1 aliphatic rings. The Morgan fingerprint density at radius 2 is 2.27 bits per heavy atom. The number of hydrogen-bond acceptors (Lipinski definition) is 4. The van der Waals surface area contributed by atoms with Crippen molar-refractivity contribution in [1.29, 1.82) is 0 Å². The summed E-state index contributed by atoms with van der Waals surface area (Å²) in [5.74, 6) is -0.0505. The van der Waals surface area contributed by atoms with Crippen molar-refractivity contribution in [3.63, 3.8) is 0 Å². The summed E-state index contributed by atoms with van der Waals surface area (Å²) in [5, 5.41) is 13.7. The molecule has 5 nitrogen and oxygen atoms in total. The minimum Gasteiger partial charge on any atom is -0.392 e. The smallest absolute Gasteiger partial charge is 0.241 e. The maximum atomic E-state index is 12.5. The van der Waals surface area contributed by atoms with Crippen molar-refractivity contribution >= 4 is 22.5 Å². The SMILES string of the molecule is CC(C(=O)Nc1cccc2ncccc12)N1CCCC(O)C1. The third-order valence-electron chi connectivity index (χ3n) is 4.26.